The smallest absolute Gasteiger partial charge is 0.253 e. The first-order valence-corrected chi connectivity index (χ1v) is 9.72. The third-order valence-corrected chi connectivity index (χ3v) is 5.06. The number of rotatable bonds is 6. The highest BCUT2D eigenvalue weighted by atomic mass is 16.5. The van der Waals surface area contributed by atoms with Gasteiger partial charge >= 0.3 is 0 Å². The lowest BCUT2D eigenvalue weighted by Crippen LogP contribution is -2.39. The molecule has 0 spiro atoms. The number of amides is 2. The minimum atomic E-state index is -0.277. The largest absolute Gasteiger partial charge is 0.497 e. The number of nitrogens with one attached hydrogen (secondary N) is 1. The lowest BCUT2D eigenvalue weighted by atomic mass is 9.97. The van der Waals surface area contributed by atoms with Gasteiger partial charge in [-0.15, -0.1) is 0 Å². The summed E-state index contributed by atoms with van der Waals surface area (Å²) >= 11 is 0. The summed E-state index contributed by atoms with van der Waals surface area (Å²) in [7, 11) is 1.60. The van der Waals surface area contributed by atoms with Crippen LogP contribution in [0.25, 0.3) is 6.08 Å². The molecular weight excluding hydrogens is 368 g/mol. The number of hydrogen-bond donors (Lipinski definition) is 2. The summed E-state index contributed by atoms with van der Waals surface area (Å²) in [6, 6.07) is 14.4. The molecule has 6 nitrogen and oxygen atoms in total. The third-order valence-electron chi connectivity index (χ3n) is 5.06. The fourth-order valence-corrected chi connectivity index (χ4v) is 3.33. The number of benzene rings is 2. The molecule has 1 heterocycles. The Bertz CT molecular complexity index is 886. The first kappa shape index (κ1) is 20.6. The summed E-state index contributed by atoms with van der Waals surface area (Å²) in [5, 5.41) is 12.0. The van der Waals surface area contributed by atoms with Crippen molar-refractivity contribution in [2.24, 2.45) is 5.92 Å². The maximum atomic E-state index is 12.7. The highest BCUT2D eigenvalue weighted by Gasteiger charge is 2.23. The molecule has 152 valence electrons. The molecule has 1 saturated heterocycles. The third kappa shape index (κ3) is 5.68. The summed E-state index contributed by atoms with van der Waals surface area (Å²) < 4.78 is 5.17. The molecule has 2 aromatic rings. The second kappa shape index (κ2) is 9.89. The minimum absolute atomic E-state index is 0.0515. The van der Waals surface area contributed by atoms with Crippen LogP contribution in [-0.4, -0.2) is 48.6 Å². The van der Waals surface area contributed by atoms with Crippen molar-refractivity contribution in [1.29, 1.82) is 0 Å². The maximum Gasteiger partial charge on any atom is 0.253 e. The first-order chi connectivity index (χ1) is 14.1. The molecule has 1 fully saturated rings. The molecule has 3 rings (SSSR count). The molecule has 1 aliphatic heterocycles. The summed E-state index contributed by atoms with van der Waals surface area (Å²) in [6.07, 6.45) is 4.78. The fraction of sp³-hybridized carbons (Fsp3) is 0.304. The van der Waals surface area contributed by atoms with Crippen LogP contribution in [0.2, 0.25) is 0 Å². The van der Waals surface area contributed by atoms with Gasteiger partial charge in [0.15, 0.2) is 0 Å². The quantitative estimate of drug-likeness (QED) is 0.738. The predicted octanol–water partition coefficient (Wildman–Crippen LogP) is 3.19. The van der Waals surface area contributed by atoms with E-state index in [2.05, 4.69) is 5.32 Å². The van der Waals surface area contributed by atoms with Gasteiger partial charge in [0.05, 0.1) is 7.11 Å². The zero-order chi connectivity index (χ0) is 20.6. The molecule has 0 aliphatic carbocycles. The van der Waals surface area contributed by atoms with Gasteiger partial charge in [0.2, 0.25) is 5.91 Å². The maximum absolute atomic E-state index is 12.7. The first-order valence-electron chi connectivity index (χ1n) is 9.72. The van der Waals surface area contributed by atoms with Crippen molar-refractivity contribution in [3.63, 3.8) is 0 Å². The van der Waals surface area contributed by atoms with Crippen molar-refractivity contribution in [3.8, 4) is 5.75 Å². The number of piperidine rings is 1. The Kier molecular flexibility index (Phi) is 7.03. The number of likely N-dealkylation sites (tertiary alicyclic amines) is 1. The average molecular weight is 394 g/mol. The molecule has 2 N–H and O–H groups in total. The Morgan fingerprint density at radius 3 is 2.66 bits per heavy atom. The van der Waals surface area contributed by atoms with E-state index in [0.29, 0.717) is 24.3 Å². The normalized spacial score (nSPS) is 14.8. The molecule has 0 atom stereocenters. The lowest BCUT2D eigenvalue weighted by molar-refractivity contribution is -0.111. The molecule has 0 radical (unpaired) electrons. The van der Waals surface area contributed by atoms with Crippen LogP contribution < -0.4 is 10.1 Å². The Hall–Kier alpha value is -3.12. The van der Waals surface area contributed by atoms with Gasteiger partial charge in [-0.3, -0.25) is 9.59 Å². The minimum Gasteiger partial charge on any atom is -0.497 e. The van der Waals surface area contributed by atoms with Gasteiger partial charge in [0.25, 0.3) is 5.91 Å². The van der Waals surface area contributed by atoms with Crippen LogP contribution in [0.5, 0.6) is 5.75 Å². The number of carbonyl (C=O) groups excluding carboxylic acids is 2. The molecule has 29 heavy (non-hydrogen) atoms. The fourth-order valence-electron chi connectivity index (χ4n) is 3.33. The van der Waals surface area contributed by atoms with Crippen molar-refractivity contribution in [3.05, 3.63) is 65.7 Å². The van der Waals surface area contributed by atoms with Crippen LogP contribution in [0.3, 0.4) is 0 Å². The second-order valence-electron chi connectivity index (χ2n) is 7.10. The molecular formula is C23H26N2O4. The van der Waals surface area contributed by atoms with E-state index >= 15 is 0 Å². The van der Waals surface area contributed by atoms with Crippen LogP contribution in [0.4, 0.5) is 5.69 Å². The van der Waals surface area contributed by atoms with E-state index in [1.807, 2.05) is 24.3 Å². The van der Waals surface area contributed by atoms with E-state index in [1.54, 1.807) is 42.4 Å². The molecule has 0 saturated carbocycles. The van der Waals surface area contributed by atoms with Crippen molar-refractivity contribution < 1.29 is 19.4 Å². The van der Waals surface area contributed by atoms with Crippen molar-refractivity contribution in [1.82, 2.24) is 4.90 Å². The van der Waals surface area contributed by atoms with Gasteiger partial charge in [-0.05, 0) is 60.7 Å². The monoisotopic (exact) mass is 394 g/mol. The molecule has 0 bridgehead atoms. The zero-order valence-electron chi connectivity index (χ0n) is 16.5. The number of methoxy groups -OCH3 is 1. The van der Waals surface area contributed by atoms with Gasteiger partial charge in [-0.2, -0.15) is 0 Å². The van der Waals surface area contributed by atoms with E-state index in [4.69, 9.17) is 4.74 Å². The van der Waals surface area contributed by atoms with Crippen LogP contribution in [-0.2, 0) is 4.79 Å². The van der Waals surface area contributed by atoms with Gasteiger partial charge in [-0.25, -0.2) is 0 Å². The van der Waals surface area contributed by atoms with Crippen molar-refractivity contribution in [2.45, 2.75) is 12.8 Å². The molecule has 0 unspecified atom stereocenters. The van der Waals surface area contributed by atoms with Crippen molar-refractivity contribution in [2.75, 3.05) is 32.1 Å². The Morgan fingerprint density at radius 1 is 1.17 bits per heavy atom. The Balaban J connectivity index is 1.61. The van der Waals surface area contributed by atoms with Crippen LogP contribution in [0.1, 0.15) is 28.8 Å². The van der Waals surface area contributed by atoms with Gasteiger partial charge < -0.3 is 20.1 Å². The van der Waals surface area contributed by atoms with Gasteiger partial charge in [0, 0.05) is 37.0 Å². The number of ether oxygens (including phenoxy) is 1. The predicted molar refractivity (Wildman–Crippen MR) is 113 cm³/mol. The summed E-state index contributed by atoms with van der Waals surface area (Å²) in [4.78, 5) is 26.8. The highest BCUT2D eigenvalue weighted by molar-refractivity contribution is 6.03. The Labute approximate surface area is 170 Å². The van der Waals surface area contributed by atoms with E-state index in [9.17, 15) is 14.7 Å². The van der Waals surface area contributed by atoms with Gasteiger partial charge in [-0.1, -0.05) is 18.2 Å². The summed E-state index contributed by atoms with van der Waals surface area (Å²) in [5.41, 5.74) is 1.97. The van der Waals surface area contributed by atoms with Crippen LogP contribution >= 0.6 is 0 Å². The van der Waals surface area contributed by atoms with E-state index < -0.39 is 0 Å². The van der Waals surface area contributed by atoms with Crippen LogP contribution in [0, 0.1) is 5.92 Å². The SMILES string of the molecule is COc1cccc(/C=C/C(=O)Nc2cccc(C(=O)N3CCC(CO)CC3)c2)c1. The second-order valence-corrected chi connectivity index (χ2v) is 7.10. The van der Waals surface area contributed by atoms with Crippen molar-refractivity contribution >= 4 is 23.6 Å². The summed E-state index contributed by atoms with van der Waals surface area (Å²) in [5.74, 6) is 0.674. The standard InChI is InChI=1S/C23H26N2O4/c1-29-21-7-2-4-17(14-21)8-9-22(27)24-20-6-3-5-19(15-20)23(28)25-12-10-18(16-26)11-13-25/h2-9,14-15,18,26H,10-13,16H2,1H3,(H,24,27)/b9-8+. The molecule has 2 aromatic carbocycles. The molecule has 2 amide bonds. The van der Waals surface area contributed by atoms with E-state index in [1.165, 1.54) is 6.08 Å². The van der Waals surface area contributed by atoms with E-state index in [0.717, 1.165) is 24.2 Å². The molecule has 0 aromatic heterocycles. The van der Waals surface area contributed by atoms with E-state index in [-0.39, 0.29) is 24.3 Å². The molecule has 6 heteroatoms. The number of hydrogen-bond acceptors (Lipinski definition) is 4. The number of aliphatic hydroxyl groups excluding tert-OH is 1. The number of aliphatic hydroxyl groups is 1. The highest BCUT2D eigenvalue weighted by Crippen LogP contribution is 2.20. The number of anilines is 1. The topological polar surface area (TPSA) is 78.9 Å². The Morgan fingerprint density at radius 2 is 1.93 bits per heavy atom. The van der Waals surface area contributed by atoms with Gasteiger partial charge in [0.1, 0.15) is 5.75 Å². The van der Waals surface area contributed by atoms with Crippen LogP contribution in [0.15, 0.2) is 54.6 Å². The number of carbonyl (C=O) groups is 2. The summed E-state index contributed by atoms with van der Waals surface area (Å²) in [6.45, 7) is 1.46. The zero-order valence-corrected chi connectivity index (χ0v) is 16.5. The lowest BCUT2D eigenvalue weighted by Gasteiger charge is -2.31. The number of nitrogens with zero attached hydrogens (tertiary/aromatic N) is 1. The molecule has 1 aliphatic rings. The average Bonchev–Trinajstić information content (AvgIpc) is 2.77.